The predicted octanol–water partition coefficient (Wildman–Crippen LogP) is 1.84. The number of likely N-dealkylation sites (N-methyl/N-ethyl adjacent to an activating group) is 1. The number of nitrogens with zero attached hydrogens (tertiary/aromatic N) is 1. The molecule has 0 radical (unpaired) electrons. The van der Waals surface area contributed by atoms with Gasteiger partial charge < -0.3 is 0 Å². The second-order valence-corrected chi connectivity index (χ2v) is 7.22. The molecule has 0 amide bonds. The van der Waals surface area contributed by atoms with Crippen LogP contribution in [0.3, 0.4) is 0 Å². The summed E-state index contributed by atoms with van der Waals surface area (Å²) in [6.45, 7) is 16.7. The SMILES string of the molecule is C=C(CN(CC)CCC)C(C)(C)[SiH3]. The van der Waals surface area contributed by atoms with Crippen molar-refractivity contribution in [3.63, 3.8) is 0 Å². The van der Waals surface area contributed by atoms with Gasteiger partial charge in [0.15, 0.2) is 0 Å². The normalized spacial score (nSPS) is 12.4. The van der Waals surface area contributed by atoms with Crippen LogP contribution in [0, 0.1) is 0 Å². The molecule has 0 heterocycles. The van der Waals surface area contributed by atoms with Gasteiger partial charge in [-0.2, -0.15) is 0 Å². The second-order valence-electron chi connectivity index (χ2n) is 4.72. The summed E-state index contributed by atoms with van der Waals surface area (Å²) in [6, 6.07) is 0. The fourth-order valence-electron chi connectivity index (χ4n) is 1.17. The number of hydrogen-bond acceptors (Lipinski definition) is 1. The van der Waals surface area contributed by atoms with E-state index in [0.29, 0.717) is 5.04 Å². The maximum Gasteiger partial charge on any atom is 0.0192 e. The van der Waals surface area contributed by atoms with Crippen molar-refractivity contribution in [1.29, 1.82) is 0 Å². The van der Waals surface area contributed by atoms with Gasteiger partial charge in [0.1, 0.15) is 0 Å². The molecule has 0 aromatic heterocycles. The molecule has 0 bridgehead atoms. The monoisotopic (exact) mass is 199 g/mol. The average Bonchev–Trinajstić information content (AvgIpc) is 2.01. The lowest BCUT2D eigenvalue weighted by Crippen LogP contribution is -2.29. The Hall–Kier alpha value is -0.0831. The molecular formula is C11H25NSi. The lowest BCUT2D eigenvalue weighted by Gasteiger charge is -2.28. The Morgan fingerprint density at radius 2 is 1.92 bits per heavy atom. The smallest absolute Gasteiger partial charge is 0.0192 e. The fourth-order valence-corrected chi connectivity index (χ4v) is 1.33. The Kier molecular flexibility index (Phi) is 5.57. The molecule has 0 saturated heterocycles. The molecule has 1 nitrogen and oxygen atoms in total. The molecule has 0 rings (SSSR count). The first-order valence-corrected chi connectivity index (χ1v) is 6.32. The zero-order valence-electron chi connectivity index (χ0n) is 9.98. The van der Waals surface area contributed by atoms with Gasteiger partial charge >= 0.3 is 0 Å². The lowest BCUT2D eigenvalue weighted by atomic mass is 10.0. The zero-order valence-corrected chi connectivity index (χ0v) is 12.0. The average molecular weight is 199 g/mol. The van der Waals surface area contributed by atoms with Gasteiger partial charge in [0.05, 0.1) is 0 Å². The predicted molar refractivity (Wildman–Crippen MR) is 65.5 cm³/mol. The summed E-state index contributed by atoms with van der Waals surface area (Å²) in [6.07, 6.45) is 1.24. The van der Waals surface area contributed by atoms with E-state index in [2.05, 4.69) is 39.2 Å². The van der Waals surface area contributed by atoms with Gasteiger partial charge in [0, 0.05) is 16.8 Å². The highest BCUT2D eigenvalue weighted by Gasteiger charge is 2.16. The molecule has 13 heavy (non-hydrogen) atoms. The quantitative estimate of drug-likeness (QED) is 0.466. The minimum absolute atomic E-state index is 0.390. The van der Waals surface area contributed by atoms with Gasteiger partial charge in [0.2, 0.25) is 0 Å². The molecule has 0 aliphatic rings. The highest BCUT2D eigenvalue weighted by atomic mass is 28.1. The molecule has 0 aliphatic heterocycles. The van der Waals surface area contributed by atoms with Gasteiger partial charge in [-0.25, -0.2) is 0 Å². The standard InChI is InChI=1S/C11H25NSi/c1-6-8-12(7-2)9-10(3)11(4,5)13/h3,6-9H2,1-2,4-5,13H3. The van der Waals surface area contributed by atoms with Crippen molar-refractivity contribution >= 4 is 10.2 Å². The maximum absolute atomic E-state index is 4.19. The van der Waals surface area contributed by atoms with E-state index in [1.165, 1.54) is 28.8 Å². The summed E-state index contributed by atoms with van der Waals surface area (Å²) >= 11 is 0. The molecule has 0 saturated carbocycles. The maximum atomic E-state index is 4.19. The summed E-state index contributed by atoms with van der Waals surface area (Å²) in [5.41, 5.74) is 1.40. The van der Waals surface area contributed by atoms with E-state index in [1.807, 2.05) is 0 Å². The van der Waals surface area contributed by atoms with Gasteiger partial charge in [-0.1, -0.05) is 39.8 Å². The first kappa shape index (κ1) is 12.9. The zero-order chi connectivity index (χ0) is 10.5. The van der Waals surface area contributed by atoms with Crippen LogP contribution in [0.15, 0.2) is 12.2 Å². The Morgan fingerprint density at radius 1 is 1.38 bits per heavy atom. The van der Waals surface area contributed by atoms with Crippen molar-refractivity contribution in [1.82, 2.24) is 4.90 Å². The van der Waals surface area contributed by atoms with Crippen LogP contribution in [-0.4, -0.2) is 34.8 Å². The van der Waals surface area contributed by atoms with E-state index in [-0.39, 0.29) is 0 Å². The lowest BCUT2D eigenvalue weighted by molar-refractivity contribution is 0.307. The third-order valence-electron chi connectivity index (χ3n) is 2.46. The Labute approximate surface area is 86.6 Å². The van der Waals surface area contributed by atoms with Gasteiger partial charge in [0.25, 0.3) is 0 Å². The molecule has 0 aliphatic carbocycles. The summed E-state index contributed by atoms with van der Waals surface area (Å²) in [5.74, 6) is 0. The molecule has 0 N–H and O–H groups in total. The van der Waals surface area contributed by atoms with E-state index >= 15 is 0 Å². The summed E-state index contributed by atoms with van der Waals surface area (Å²) in [5, 5.41) is 0.390. The Morgan fingerprint density at radius 3 is 2.23 bits per heavy atom. The molecule has 0 aromatic carbocycles. The molecule has 78 valence electrons. The summed E-state index contributed by atoms with van der Waals surface area (Å²) < 4.78 is 0. The van der Waals surface area contributed by atoms with Gasteiger partial charge in [-0.3, -0.25) is 4.90 Å². The van der Waals surface area contributed by atoms with Crippen molar-refractivity contribution < 1.29 is 0 Å². The molecular weight excluding hydrogens is 174 g/mol. The van der Waals surface area contributed by atoms with Crippen LogP contribution >= 0.6 is 0 Å². The number of hydrogen-bond donors (Lipinski definition) is 0. The minimum Gasteiger partial charge on any atom is -0.300 e. The molecule has 0 unspecified atom stereocenters. The Balaban J connectivity index is 4.01. The number of rotatable bonds is 6. The van der Waals surface area contributed by atoms with Gasteiger partial charge in [-0.05, 0) is 24.5 Å². The van der Waals surface area contributed by atoms with Gasteiger partial charge in [-0.15, -0.1) is 0 Å². The highest BCUT2D eigenvalue weighted by molar-refractivity contribution is 6.16. The van der Waals surface area contributed by atoms with E-state index in [9.17, 15) is 0 Å². The largest absolute Gasteiger partial charge is 0.300 e. The molecule has 0 spiro atoms. The van der Waals surface area contributed by atoms with Crippen molar-refractivity contribution in [3.05, 3.63) is 12.2 Å². The van der Waals surface area contributed by atoms with Crippen LogP contribution in [0.25, 0.3) is 0 Å². The van der Waals surface area contributed by atoms with Crippen molar-refractivity contribution in [2.75, 3.05) is 19.6 Å². The Bertz CT molecular complexity index is 158. The molecule has 2 heteroatoms. The van der Waals surface area contributed by atoms with E-state index in [1.54, 1.807) is 0 Å². The van der Waals surface area contributed by atoms with Crippen LogP contribution in [0.2, 0.25) is 5.04 Å². The molecule has 0 atom stereocenters. The van der Waals surface area contributed by atoms with E-state index < -0.39 is 0 Å². The second kappa shape index (κ2) is 5.61. The summed E-state index contributed by atoms with van der Waals surface area (Å²) in [7, 11) is 1.20. The summed E-state index contributed by atoms with van der Waals surface area (Å²) in [4.78, 5) is 2.47. The van der Waals surface area contributed by atoms with E-state index in [0.717, 1.165) is 13.1 Å². The first-order chi connectivity index (χ1) is 5.91. The topological polar surface area (TPSA) is 3.24 Å². The van der Waals surface area contributed by atoms with Crippen LogP contribution < -0.4 is 0 Å². The molecule has 0 fully saturated rings. The van der Waals surface area contributed by atoms with Crippen LogP contribution in [0.1, 0.15) is 34.1 Å². The van der Waals surface area contributed by atoms with Crippen LogP contribution in [-0.2, 0) is 0 Å². The first-order valence-electron chi connectivity index (χ1n) is 5.32. The highest BCUT2D eigenvalue weighted by Crippen LogP contribution is 2.28. The third kappa shape index (κ3) is 5.27. The van der Waals surface area contributed by atoms with Crippen molar-refractivity contribution in [3.8, 4) is 0 Å². The third-order valence-corrected chi connectivity index (χ3v) is 3.17. The van der Waals surface area contributed by atoms with Crippen LogP contribution in [0.4, 0.5) is 0 Å². The molecule has 0 aromatic rings. The fraction of sp³-hybridized carbons (Fsp3) is 0.818. The minimum atomic E-state index is 0.390. The van der Waals surface area contributed by atoms with Crippen molar-refractivity contribution in [2.24, 2.45) is 0 Å². The van der Waals surface area contributed by atoms with Crippen LogP contribution in [0.5, 0.6) is 0 Å². The van der Waals surface area contributed by atoms with E-state index in [4.69, 9.17) is 0 Å². The van der Waals surface area contributed by atoms with Crippen molar-refractivity contribution in [2.45, 2.75) is 39.2 Å².